The molecule has 2 unspecified atom stereocenters. The van der Waals surface area contributed by atoms with E-state index in [0.29, 0.717) is 17.6 Å². The molecule has 0 radical (unpaired) electrons. The molecule has 5 nitrogen and oxygen atoms in total. The van der Waals surface area contributed by atoms with Gasteiger partial charge in [-0.1, -0.05) is 13.0 Å². The van der Waals surface area contributed by atoms with Crippen LogP contribution in [0.5, 0.6) is 0 Å². The highest BCUT2D eigenvalue weighted by atomic mass is 16.4. The van der Waals surface area contributed by atoms with Crippen LogP contribution in [0.15, 0.2) is 27.4 Å². The largest absolute Gasteiger partial charge is 0.417 e. The molecule has 5 heteroatoms. The van der Waals surface area contributed by atoms with Crippen molar-refractivity contribution in [3.8, 4) is 0 Å². The summed E-state index contributed by atoms with van der Waals surface area (Å²) >= 11 is 0. The van der Waals surface area contributed by atoms with Gasteiger partial charge in [0.25, 0.3) is 0 Å². The van der Waals surface area contributed by atoms with Crippen LogP contribution in [0.1, 0.15) is 18.5 Å². The van der Waals surface area contributed by atoms with E-state index in [1.54, 1.807) is 6.07 Å². The van der Waals surface area contributed by atoms with Gasteiger partial charge in [0, 0.05) is 6.04 Å². The Kier molecular flexibility index (Phi) is 2.80. The van der Waals surface area contributed by atoms with Gasteiger partial charge in [0.1, 0.15) is 0 Å². The molecule has 0 aliphatic carbocycles. The maximum absolute atomic E-state index is 11.0. The lowest BCUT2D eigenvalue weighted by atomic mass is 9.95. The molecule has 2 rings (SSSR count). The SMILES string of the molecule is CC(CN)C(N)c1ccc2oc(=O)[nH]c2c1. The van der Waals surface area contributed by atoms with Gasteiger partial charge in [-0.05, 0) is 30.2 Å². The molecule has 1 heterocycles. The van der Waals surface area contributed by atoms with Crippen molar-refractivity contribution < 1.29 is 4.42 Å². The number of fused-ring (bicyclic) bond motifs is 1. The number of aromatic nitrogens is 1. The molecule has 16 heavy (non-hydrogen) atoms. The van der Waals surface area contributed by atoms with Crippen LogP contribution in [0.2, 0.25) is 0 Å². The first kappa shape index (κ1) is 10.9. The van der Waals surface area contributed by atoms with E-state index in [9.17, 15) is 4.79 Å². The van der Waals surface area contributed by atoms with Crippen molar-refractivity contribution in [3.63, 3.8) is 0 Å². The zero-order valence-electron chi connectivity index (χ0n) is 9.07. The van der Waals surface area contributed by atoms with Gasteiger partial charge in [-0.3, -0.25) is 4.98 Å². The lowest BCUT2D eigenvalue weighted by Crippen LogP contribution is -2.25. The fourth-order valence-electron chi connectivity index (χ4n) is 1.65. The number of nitrogens with two attached hydrogens (primary N) is 2. The molecule has 1 aromatic carbocycles. The summed E-state index contributed by atoms with van der Waals surface area (Å²) in [5, 5.41) is 0. The van der Waals surface area contributed by atoms with E-state index in [1.165, 1.54) is 0 Å². The Balaban J connectivity index is 2.42. The van der Waals surface area contributed by atoms with Crippen LogP contribution in [0, 0.1) is 5.92 Å². The molecule has 0 fully saturated rings. The van der Waals surface area contributed by atoms with Gasteiger partial charge in [0.2, 0.25) is 0 Å². The Labute approximate surface area is 92.4 Å². The minimum atomic E-state index is -0.451. The summed E-state index contributed by atoms with van der Waals surface area (Å²) in [5.41, 5.74) is 13.8. The molecule has 86 valence electrons. The molecule has 0 saturated carbocycles. The third-order valence-corrected chi connectivity index (χ3v) is 2.81. The summed E-state index contributed by atoms with van der Waals surface area (Å²) in [6, 6.07) is 5.30. The van der Waals surface area contributed by atoms with E-state index >= 15 is 0 Å². The van der Waals surface area contributed by atoms with E-state index in [-0.39, 0.29) is 12.0 Å². The molecule has 2 atom stereocenters. The van der Waals surface area contributed by atoms with Crippen molar-refractivity contribution >= 4 is 11.1 Å². The summed E-state index contributed by atoms with van der Waals surface area (Å²) in [6.45, 7) is 2.52. The van der Waals surface area contributed by atoms with Gasteiger partial charge >= 0.3 is 5.76 Å². The zero-order chi connectivity index (χ0) is 11.7. The second kappa shape index (κ2) is 4.11. The molecule has 0 amide bonds. The lowest BCUT2D eigenvalue weighted by Gasteiger charge is -2.18. The fourth-order valence-corrected chi connectivity index (χ4v) is 1.65. The summed E-state index contributed by atoms with van der Waals surface area (Å²) in [4.78, 5) is 13.6. The van der Waals surface area contributed by atoms with Crippen LogP contribution in [0.3, 0.4) is 0 Å². The number of hydrogen-bond donors (Lipinski definition) is 3. The van der Waals surface area contributed by atoms with E-state index in [2.05, 4.69) is 4.98 Å². The monoisotopic (exact) mass is 221 g/mol. The van der Waals surface area contributed by atoms with E-state index in [4.69, 9.17) is 15.9 Å². The topological polar surface area (TPSA) is 98.0 Å². The molecule has 1 aromatic heterocycles. The predicted molar refractivity (Wildman–Crippen MR) is 62.0 cm³/mol. The molecule has 0 spiro atoms. The Morgan fingerprint density at radius 3 is 2.94 bits per heavy atom. The van der Waals surface area contributed by atoms with Gasteiger partial charge in [-0.2, -0.15) is 0 Å². The summed E-state index contributed by atoms with van der Waals surface area (Å²) in [5.74, 6) is -0.260. The number of benzene rings is 1. The maximum atomic E-state index is 11.0. The summed E-state index contributed by atoms with van der Waals surface area (Å²) in [7, 11) is 0. The van der Waals surface area contributed by atoms with Crippen LogP contribution >= 0.6 is 0 Å². The molecule has 0 aliphatic heterocycles. The Hall–Kier alpha value is -1.59. The normalized spacial score (nSPS) is 15.2. The first-order valence-electron chi connectivity index (χ1n) is 5.20. The van der Waals surface area contributed by atoms with Gasteiger partial charge in [-0.15, -0.1) is 0 Å². The Bertz CT molecular complexity index is 543. The van der Waals surface area contributed by atoms with Crippen molar-refractivity contribution in [2.24, 2.45) is 17.4 Å². The van der Waals surface area contributed by atoms with Crippen LogP contribution in [-0.4, -0.2) is 11.5 Å². The highest BCUT2D eigenvalue weighted by Gasteiger charge is 2.14. The zero-order valence-corrected chi connectivity index (χ0v) is 9.07. The van der Waals surface area contributed by atoms with E-state index < -0.39 is 5.76 Å². The number of H-pyrrole nitrogens is 1. The minimum Gasteiger partial charge on any atom is -0.408 e. The van der Waals surface area contributed by atoms with Gasteiger partial charge in [0.05, 0.1) is 5.52 Å². The Morgan fingerprint density at radius 2 is 2.25 bits per heavy atom. The quantitative estimate of drug-likeness (QED) is 0.711. The molecule has 0 saturated heterocycles. The van der Waals surface area contributed by atoms with Crippen molar-refractivity contribution in [1.82, 2.24) is 4.98 Å². The highest BCUT2D eigenvalue weighted by Crippen LogP contribution is 2.21. The molecule has 5 N–H and O–H groups in total. The van der Waals surface area contributed by atoms with Gasteiger partial charge in [-0.25, -0.2) is 4.79 Å². The third-order valence-electron chi connectivity index (χ3n) is 2.81. The summed E-state index contributed by atoms with van der Waals surface area (Å²) < 4.78 is 4.91. The third kappa shape index (κ3) is 1.87. The molecular formula is C11H15N3O2. The molecule has 0 bridgehead atoms. The van der Waals surface area contributed by atoms with Crippen molar-refractivity contribution in [3.05, 3.63) is 34.3 Å². The van der Waals surface area contributed by atoms with E-state index in [0.717, 1.165) is 5.56 Å². The van der Waals surface area contributed by atoms with Crippen molar-refractivity contribution in [2.45, 2.75) is 13.0 Å². The number of oxazole rings is 1. The van der Waals surface area contributed by atoms with Gasteiger partial charge in [0.15, 0.2) is 5.58 Å². The molecule has 0 aliphatic rings. The second-order valence-electron chi connectivity index (χ2n) is 4.01. The number of aromatic amines is 1. The predicted octanol–water partition coefficient (Wildman–Crippen LogP) is 0.716. The number of nitrogens with one attached hydrogen (secondary N) is 1. The molecular weight excluding hydrogens is 206 g/mol. The standard InChI is InChI=1S/C11H15N3O2/c1-6(5-12)10(13)7-2-3-9-8(4-7)14-11(15)16-9/h2-4,6,10H,5,12-13H2,1H3,(H,14,15). The van der Waals surface area contributed by atoms with Crippen molar-refractivity contribution in [1.29, 1.82) is 0 Å². The van der Waals surface area contributed by atoms with Crippen LogP contribution in [0.4, 0.5) is 0 Å². The number of rotatable bonds is 3. The van der Waals surface area contributed by atoms with Crippen molar-refractivity contribution in [2.75, 3.05) is 6.54 Å². The fraction of sp³-hybridized carbons (Fsp3) is 0.364. The first-order chi connectivity index (χ1) is 7.61. The molecule has 2 aromatic rings. The lowest BCUT2D eigenvalue weighted by molar-refractivity contribution is 0.481. The Morgan fingerprint density at radius 1 is 1.50 bits per heavy atom. The maximum Gasteiger partial charge on any atom is 0.417 e. The van der Waals surface area contributed by atoms with Crippen LogP contribution in [-0.2, 0) is 0 Å². The average molecular weight is 221 g/mol. The second-order valence-corrected chi connectivity index (χ2v) is 4.01. The first-order valence-corrected chi connectivity index (χ1v) is 5.20. The number of hydrogen-bond acceptors (Lipinski definition) is 4. The average Bonchev–Trinajstić information content (AvgIpc) is 2.65. The summed E-state index contributed by atoms with van der Waals surface area (Å²) in [6.07, 6.45) is 0. The van der Waals surface area contributed by atoms with Crippen LogP contribution in [0.25, 0.3) is 11.1 Å². The van der Waals surface area contributed by atoms with E-state index in [1.807, 2.05) is 19.1 Å². The minimum absolute atomic E-state index is 0.132. The highest BCUT2D eigenvalue weighted by molar-refractivity contribution is 5.72. The van der Waals surface area contributed by atoms with Crippen LogP contribution < -0.4 is 17.2 Å². The van der Waals surface area contributed by atoms with Gasteiger partial charge < -0.3 is 15.9 Å². The smallest absolute Gasteiger partial charge is 0.408 e.